The minimum absolute atomic E-state index is 0.0815. The van der Waals surface area contributed by atoms with Crippen LogP contribution in [0.2, 0.25) is 0 Å². The molecule has 3 N–H and O–H groups in total. The molecule has 102 valence electrons. The maximum absolute atomic E-state index is 12.5. The molecule has 3 aromatic rings. The number of hydrogen-bond donors (Lipinski definition) is 2. The van der Waals surface area contributed by atoms with Crippen LogP contribution < -0.4 is 5.73 Å². The number of rotatable bonds is 4. The van der Waals surface area contributed by atoms with Gasteiger partial charge in [-0.15, -0.1) is 11.3 Å². The van der Waals surface area contributed by atoms with Crippen molar-refractivity contribution >= 4 is 28.0 Å². The molecule has 20 heavy (non-hydrogen) atoms. The van der Waals surface area contributed by atoms with E-state index in [4.69, 9.17) is 5.73 Å². The quantitative estimate of drug-likeness (QED) is 0.722. The van der Waals surface area contributed by atoms with Crippen LogP contribution in [-0.4, -0.2) is 20.7 Å². The highest BCUT2D eigenvalue weighted by molar-refractivity contribution is 7.12. The number of aromatic nitrogens is 3. The highest BCUT2D eigenvalue weighted by atomic mass is 32.1. The Balaban J connectivity index is 1.98. The summed E-state index contributed by atoms with van der Waals surface area (Å²) in [6, 6.07) is 1.71. The second-order valence-electron chi connectivity index (χ2n) is 4.54. The first-order chi connectivity index (χ1) is 9.70. The predicted molar refractivity (Wildman–Crippen MR) is 78.9 cm³/mol. The molecule has 0 aliphatic heterocycles. The number of thiazole rings is 1. The van der Waals surface area contributed by atoms with Gasteiger partial charge in [-0.3, -0.25) is 9.78 Å². The molecule has 0 spiro atoms. The van der Waals surface area contributed by atoms with Crippen molar-refractivity contribution in [1.29, 1.82) is 0 Å². The Morgan fingerprint density at radius 1 is 1.55 bits per heavy atom. The van der Waals surface area contributed by atoms with E-state index < -0.39 is 0 Å². The minimum Gasteiger partial charge on any atom is -0.359 e. The fourth-order valence-corrected chi connectivity index (χ4v) is 2.88. The van der Waals surface area contributed by atoms with Crippen molar-refractivity contribution < 1.29 is 4.79 Å². The van der Waals surface area contributed by atoms with E-state index in [0.29, 0.717) is 10.6 Å². The van der Waals surface area contributed by atoms with Gasteiger partial charge in [0.25, 0.3) is 0 Å². The van der Waals surface area contributed by atoms with E-state index >= 15 is 0 Å². The van der Waals surface area contributed by atoms with Crippen molar-refractivity contribution in [3.63, 3.8) is 0 Å². The molecule has 3 aromatic heterocycles. The van der Waals surface area contributed by atoms with Gasteiger partial charge in [-0.2, -0.15) is 0 Å². The zero-order chi connectivity index (χ0) is 14.1. The lowest BCUT2D eigenvalue weighted by Gasteiger charge is -2.02. The van der Waals surface area contributed by atoms with Crippen LogP contribution in [0.1, 0.15) is 40.4 Å². The van der Waals surface area contributed by atoms with Crippen molar-refractivity contribution in [2.75, 3.05) is 0 Å². The number of carbonyl (C=O) groups excluding carboxylic acids is 1. The van der Waals surface area contributed by atoms with Gasteiger partial charge in [0.05, 0.1) is 23.0 Å². The smallest absolute Gasteiger partial charge is 0.223 e. The van der Waals surface area contributed by atoms with Gasteiger partial charge in [0, 0.05) is 29.2 Å². The number of ketones is 1. The Morgan fingerprint density at radius 3 is 3.20 bits per heavy atom. The summed E-state index contributed by atoms with van der Waals surface area (Å²) in [4.78, 5) is 23.9. The molecule has 0 saturated carbocycles. The van der Waals surface area contributed by atoms with Crippen LogP contribution in [-0.2, 0) is 0 Å². The molecule has 1 atom stereocenters. The average molecular weight is 286 g/mol. The van der Waals surface area contributed by atoms with Crippen molar-refractivity contribution in [2.45, 2.75) is 19.4 Å². The Labute approximate surface area is 119 Å². The zero-order valence-corrected chi connectivity index (χ0v) is 11.8. The molecule has 0 unspecified atom stereocenters. The zero-order valence-electron chi connectivity index (χ0n) is 11.0. The van der Waals surface area contributed by atoms with Crippen LogP contribution in [0.3, 0.4) is 0 Å². The Hall–Kier alpha value is -2.05. The molecule has 0 saturated heterocycles. The maximum Gasteiger partial charge on any atom is 0.223 e. The maximum atomic E-state index is 12.5. The number of fused-ring (bicyclic) bond motifs is 1. The third-order valence-corrected chi connectivity index (χ3v) is 4.12. The number of aromatic amines is 1. The lowest BCUT2D eigenvalue weighted by atomic mass is 10.1. The van der Waals surface area contributed by atoms with Crippen LogP contribution in [0.25, 0.3) is 10.9 Å². The van der Waals surface area contributed by atoms with Crippen LogP contribution in [0, 0.1) is 0 Å². The third-order valence-electron chi connectivity index (χ3n) is 3.26. The lowest BCUT2D eigenvalue weighted by Crippen LogP contribution is -2.09. The molecule has 3 rings (SSSR count). The summed E-state index contributed by atoms with van der Waals surface area (Å²) in [7, 11) is 0. The first-order valence-corrected chi connectivity index (χ1v) is 7.25. The molecular formula is C14H14N4OS. The number of nitrogens with one attached hydrogen (secondary N) is 1. The summed E-state index contributed by atoms with van der Waals surface area (Å²) >= 11 is 1.34. The van der Waals surface area contributed by atoms with Gasteiger partial charge < -0.3 is 10.7 Å². The standard InChI is InChI=1S/C14H14N4OS/c1-2-10(15)12-7-20-14(18-12)13(19)9-5-17-11-6-16-4-3-8(9)11/h3-7,10,17H,2,15H2,1H3/t10-/m0/s1. The molecule has 0 aliphatic carbocycles. The van der Waals surface area contributed by atoms with Gasteiger partial charge in [-0.05, 0) is 12.5 Å². The van der Waals surface area contributed by atoms with Gasteiger partial charge in [0.15, 0.2) is 5.01 Å². The monoisotopic (exact) mass is 286 g/mol. The summed E-state index contributed by atoms with van der Waals surface area (Å²) in [5.41, 5.74) is 8.18. The first kappa shape index (κ1) is 13.0. The number of H-pyrrole nitrogens is 1. The fourth-order valence-electron chi connectivity index (χ4n) is 2.04. The first-order valence-electron chi connectivity index (χ1n) is 6.37. The lowest BCUT2D eigenvalue weighted by molar-refractivity contribution is 0.103. The molecule has 0 radical (unpaired) electrons. The summed E-state index contributed by atoms with van der Waals surface area (Å²) in [6.45, 7) is 2.00. The van der Waals surface area contributed by atoms with Crippen LogP contribution in [0.15, 0.2) is 30.0 Å². The van der Waals surface area contributed by atoms with Crippen molar-refractivity contribution in [3.8, 4) is 0 Å². The van der Waals surface area contributed by atoms with Crippen LogP contribution in [0.4, 0.5) is 0 Å². The van der Waals surface area contributed by atoms with E-state index in [1.807, 2.05) is 18.4 Å². The molecule has 0 fully saturated rings. The highest BCUT2D eigenvalue weighted by Gasteiger charge is 2.18. The number of hydrogen-bond acceptors (Lipinski definition) is 5. The summed E-state index contributed by atoms with van der Waals surface area (Å²) in [5, 5.41) is 3.20. The van der Waals surface area contributed by atoms with Crippen LogP contribution >= 0.6 is 11.3 Å². The summed E-state index contributed by atoms with van der Waals surface area (Å²) < 4.78 is 0. The summed E-state index contributed by atoms with van der Waals surface area (Å²) in [6.07, 6.45) is 5.88. The molecule has 0 aromatic carbocycles. The average Bonchev–Trinajstić information content (AvgIpc) is 3.12. The van der Waals surface area contributed by atoms with Crippen molar-refractivity contribution in [1.82, 2.24) is 15.0 Å². The second kappa shape index (κ2) is 5.15. The van der Waals surface area contributed by atoms with E-state index in [0.717, 1.165) is 23.0 Å². The van der Waals surface area contributed by atoms with E-state index in [-0.39, 0.29) is 11.8 Å². The Morgan fingerprint density at radius 2 is 2.40 bits per heavy atom. The molecule has 0 bridgehead atoms. The molecular weight excluding hydrogens is 272 g/mol. The van der Waals surface area contributed by atoms with Crippen LogP contribution in [0.5, 0.6) is 0 Å². The number of nitrogens with two attached hydrogens (primary N) is 1. The number of pyridine rings is 1. The van der Waals surface area contributed by atoms with Crippen molar-refractivity contribution in [3.05, 3.63) is 46.3 Å². The Kier molecular flexibility index (Phi) is 3.33. The normalized spacial score (nSPS) is 12.7. The highest BCUT2D eigenvalue weighted by Crippen LogP contribution is 2.23. The van der Waals surface area contributed by atoms with Gasteiger partial charge in [0.1, 0.15) is 0 Å². The van der Waals surface area contributed by atoms with E-state index in [1.165, 1.54) is 11.3 Å². The number of nitrogens with zero attached hydrogens (tertiary/aromatic N) is 2. The SMILES string of the molecule is CC[C@H](N)c1csc(C(=O)c2c[nH]c3cnccc23)n1. The van der Waals surface area contributed by atoms with Crippen molar-refractivity contribution in [2.24, 2.45) is 5.73 Å². The van der Waals surface area contributed by atoms with Gasteiger partial charge in [-0.1, -0.05) is 6.92 Å². The van der Waals surface area contributed by atoms with Gasteiger partial charge in [-0.25, -0.2) is 4.98 Å². The van der Waals surface area contributed by atoms with E-state index in [1.54, 1.807) is 18.6 Å². The number of carbonyl (C=O) groups is 1. The predicted octanol–water partition coefficient (Wildman–Crippen LogP) is 2.66. The minimum atomic E-state index is -0.111. The third kappa shape index (κ3) is 2.13. The largest absolute Gasteiger partial charge is 0.359 e. The molecule has 3 heterocycles. The van der Waals surface area contributed by atoms with E-state index in [9.17, 15) is 4.79 Å². The molecule has 6 heteroatoms. The van der Waals surface area contributed by atoms with E-state index in [2.05, 4.69) is 15.0 Å². The van der Waals surface area contributed by atoms with Gasteiger partial charge in [0.2, 0.25) is 5.78 Å². The fraction of sp³-hybridized carbons (Fsp3) is 0.214. The Bertz CT molecular complexity index is 761. The molecule has 0 amide bonds. The summed E-state index contributed by atoms with van der Waals surface area (Å²) in [5.74, 6) is -0.0815. The van der Waals surface area contributed by atoms with Gasteiger partial charge >= 0.3 is 0 Å². The topological polar surface area (TPSA) is 84.7 Å². The second-order valence-corrected chi connectivity index (χ2v) is 5.40. The molecule has 0 aliphatic rings. The molecule has 5 nitrogen and oxygen atoms in total.